The van der Waals surface area contributed by atoms with Gasteiger partial charge in [-0.05, 0) is 36.6 Å². The second-order valence-corrected chi connectivity index (χ2v) is 6.79. The highest BCUT2D eigenvalue weighted by Gasteiger charge is 2.33. The van der Waals surface area contributed by atoms with Gasteiger partial charge in [0.05, 0.1) is 16.9 Å². The van der Waals surface area contributed by atoms with Crippen molar-refractivity contribution in [1.29, 1.82) is 0 Å². The lowest BCUT2D eigenvalue weighted by Crippen LogP contribution is -2.27. The normalized spacial score (nSPS) is 17.0. The molecule has 1 aromatic heterocycles. The lowest BCUT2D eigenvalue weighted by molar-refractivity contribution is -0.113. The van der Waals surface area contributed by atoms with Gasteiger partial charge in [-0.2, -0.15) is 0 Å². The van der Waals surface area contributed by atoms with Crippen LogP contribution in [0.5, 0.6) is 0 Å². The Kier molecular flexibility index (Phi) is 4.19. The number of carbonyl (C=O) groups excluding carboxylic acids is 1. The van der Waals surface area contributed by atoms with Crippen LogP contribution in [-0.2, 0) is 4.79 Å². The summed E-state index contributed by atoms with van der Waals surface area (Å²) in [5.41, 5.74) is 0.798. The predicted molar refractivity (Wildman–Crippen MR) is 92.6 cm³/mol. The molecule has 0 radical (unpaired) electrons. The van der Waals surface area contributed by atoms with Gasteiger partial charge in [-0.3, -0.25) is 9.69 Å². The second kappa shape index (κ2) is 6.09. The molecule has 1 aliphatic rings. The van der Waals surface area contributed by atoms with E-state index < -0.39 is 0 Å². The largest absolute Gasteiger partial charge is 0.465 e. The third kappa shape index (κ3) is 2.92. The van der Waals surface area contributed by atoms with Gasteiger partial charge in [-0.1, -0.05) is 30.0 Å². The van der Waals surface area contributed by atoms with E-state index in [0.29, 0.717) is 15.0 Å². The minimum atomic E-state index is -0.111. The van der Waals surface area contributed by atoms with Crippen molar-refractivity contribution in [2.75, 3.05) is 11.2 Å². The van der Waals surface area contributed by atoms with Gasteiger partial charge in [0.1, 0.15) is 5.76 Å². The van der Waals surface area contributed by atoms with Crippen LogP contribution in [0.25, 0.3) is 6.08 Å². The zero-order valence-corrected chi connectivity index (χ0v) is 13.6. The number of rotatable bonds is 3. The average Bonchev–Trinajstić information content (AvgIpc) is 3.08. The fourth-order valence-corrected chi connectivity index (χ4v) is 3.67. The van der Waals surface area contributed by atoms with E-state index in [2.05, 4.69) is 0 Å². The van der Waals surface area contributed by atoms with Crippen LogP contribution < -0.4 is 4.90 Å². The summed E-state index contributed by atoms with van der Waals surface area (Å²) in [6.07, 6.45) is 5.30. The molecule has 0 unspecified atom stereocenters. The SMILES string of the molecule is CSc1cccc(N2C(=O)/C(=C\c3ccco3)SC2=S)c1. The summed E-state index contributed by atoms with van der Waals surface area (Å²) < 4.78 is 5.79. The number of hydrogen-bond acceptors (Lipinski definition) is 5. The lowest BCUT2D eigenvalue weighted by atomic mass is 10.3. The van der Waals surface area contributed by atoms with Gasteiger partial charge in [0.25, 0.3) is 5.91 Å². The molecule has 0 aliphatic carbocycles. The molecule has 1 saturated heterocycles. The Hall–Kier alpha value is -1.50. The molecule has 0 N–H and O–H groups in total. The summed E-state index contributed by atoms with van der Waals surface area (Å²) in [5, 5.41) is 0. The fraction of sp³-hybridized carbons (Fsp3) is 0.0667. The first-order valence-electron chi connectivity index (χ1n) is 6.14. The molecule has 2 aromatic rings. The van der Waals surface area contributed by atoms with Crippen molar-refractivity contribution in [3.05, 3.63) is 53.3 Å². The number of anilines is 1. The molecule has 6 heteroatoms. The molecule has 0 bridgehead atoms. The highest BCUT2D eigenvalue weighted by atomic mass is 32.2. The monoisotopic (exact) mass is 333 g/mol. The first kappa shape index (κ1) is 14.4. The molecule has 21 heavy (non-hydrogen) atoms. The van der Waals surface area contributed by atoms with Crippen molar-refractivity contribution in [3.63, 3.8) is 0 Å². The number of thioether (sulfide) groups is 2. The van der Waals surface area contributed by atoms with Gasteiger partial charge >= 0.3 is 0 Å². The number of benzene rings is 1. The summed E-state index contributed by atoms with van der Waals surface area (Å²) in [4.78, 5) is 15.8. The highest BCUT2D eigenvalue weighted by molar-refractivity contribution is 8.27. The Labute approximate surface area is 136 Å². The standard InChI is InChI=1S/C15H11NO2S3/c1-20-12-6-2-4-10(8-12)16-14(17)13(21-15(16)19)9-11-5-3-7-18-11/h2-9H,1H3/b13-9+. The van der Waals surface area contributed by atoms with Gasteiger partial charge in [0.2, 0.25) is 0 Å². The minimum absolute atomic E-state index is 0.111. The van der Waals surface area contributed by atoms with Crippen LogP contribution in [0.15, 0.2) is 56.9 Å². The highest BCUT2D eigenvalue weighted by Crippen LogP contribution is 2.36. The quantitative estimate of drug-likeness (QED) is 0.472. The van der Waals surface area contributed by atoms with E-state index in [0.717, 1.165) is 10.6 Å². The maximum atomic E-state index is 12.5. The third-order valence-corrected chi connectivity index (χ3v) is 4.95. The first-order chi connectivity index (χ1) is 10.2. The Bertz CT molecular complexity index is 722. The average molecular weight is 333 g/mol. The van der Waals surface area contributed by atoms with Crippen LogP contribution in [0.1, 0.15) is 5.76 Å². The van der Waals surface area contributed by atoms with Crippen LogP contribution in [0.3, 0.4) is 0 Å². The van der Waals surface area contributed by atoms with E-state index in [9.17, 15) is 4.79 Å². The Morgan fingerprint density at radius 3 is 2.90 bits per heavy atom. The van der Waals surface area contributed by atoms with Crippen molar-refractivity contribution in [2.24, 2.45) is 0 Å². The summed E-state index contributed by atoms with van der Waals surface area (Å²) >= 11 is 8.26. The van der Waals surface area contributed by atoms with E-state index in [1.54, 1.807) is 41.1 Å². The summed E-state index contributed by atoms with van der Waals surface area (Å²) in [6, 6.07) is 11.4. The molecule has 1 fully saturated rings. The van der Waals surface area contributed by atoms with Crippen molar-refractivity contribution in [3.8, 4) is 0 Å². The molecule has 3 nitrogen and oxygen atoms in total. The first-order valence-corrected chi connectivity index (χ1v) is 8.59. The molecule has 1 aliphatic heterocycles. The van der Waals surface area contributed by atoms with E-state index in [1.807, 2.05) is 30.5 Å². The van der Waals surface area contributed by atoms with Gasteiger partial charge in [0, 0.05) is 11.0 Å². The second-order valence-electron chi connectivity index (χ2n) is 4.23. The number of furan rings is 1. The zero-order chi connectivity index (χ0) is 14.8. The van der Waals surface area contributed by atoms with E-state index in [4.69, 9.17) is 16.6 Å². The van der Waals surface area contributed by atoms with Crippen LogP contribution in [0.4, 0.5) is 5.69 Å². The van der Waals surface area contributed by atoms with Crippen LogP contribution >= 0.6 is 35.7 Å². The topological polar surface area (TPSA) is 33.5 Å². The molecule has 3 rings (SSSR count). The van der Waals surface area contributed by atoms with Crippen molar-refractivity contribution < 1.29 is 9.21 Å². The number of thiocarbonyl (C=S) groups is 1. The van der Waals surface area contributed by atoms with E-state index in [-0.39, 0.29) is 5.91 Å². The molecular formula is C15H11NO2S3. The van der Waals surface area contributed by atoms with Gasteiger partial charge < -0.3 is 4.42 Å². The van der Waals surface area contributed by atoms with Crippen molar-refractivity contribution in [2.45, 2.75) is 4.90 Å². The van der Waals surface area contributed by atoms with E-state index in [1.165, 1.54) is 11.8 Å². The molecular weight excluding hydrogens is 322 g/mol. The molecule has 1 aromatic carbocycles. The number of carbonyl (C=O) groups is 1. The van der Waals surface area contributed by atoms with Crippen molar-refractivity contribution in [1.82, 2.24) is 0 Å². The molecule has 0 spiro atoms. The Morgan fingerprint density at radius 2 is 2.19 bits per heavy atom. The third-order valence-electron chi connectivity index (χ3n) is 2.92. The maximum absolute atomic E-state index is 12.5. The molecule has 1 amide bonds. The Balaban J connectivity index is 1.93. The molecule has 0 saturated carbocycles. The number of amides is 1. The van der Waals surface area contributed by atoms with Gasteiger partial charge in [-0.15, -0.1) is 11.8 Å². The molecule has 2 heterocycles. The van der Waals surface area contributed by atoms with Crippen LogP contribution in [0.2, 0.25) is 0 Å². The maximum Gasteiger partial charge on any atom is 0.270 e. The predicted octanol–water partition coefficient (Wildman–Crippen LogP) is 4.41. The summed E-state index contributed by atoms with van der Waals surface area (Å²) in [7, 11) is 0. The lowest BCUT2D eigenvalue weighted by Gasteiger charge is -2.15. The number of nitrogens with zero attached hydrogens (tertiary/aromatic N) is 1. The van der Waals surface area contributed by atoms with Crippen LogP contribution in [-0.4, -0.2) is 16.5 Å². The van der Waals surface area contributed by atoms with Crippen molar-refractivity contribution >= 4 is 57.7 Å². The van der Waals surface area contributed by atoms with Gasteiger partial charge in [0.15, 0.2) is 4.32 Å². The van der Waals surface area contributed by atoms with E-state index >= 15 is 0 Å². The Morgan fingerprint density at radius 1 is 1.33 bits per heavy atom. The summed E-state index contributed by atoms with van der Waals surface area (Å²) in [5.74, 6) is 0.535. The molecule has 0 atom stereocenters. The number of hydrogen-bond donors (Lipinski definition) is 0. The fourth-order valence-electron chi connectivity index (χ4n) is 1.94. The van der Waals surface area contributed by atoms with Crippen LogP contribution in [0, 0.1) is 0 Å². The summed E-state index contributed by atoms with van der Waals surface area (Å²) in [6.45, 7) is 0. The van der Waals surface area contributed by atoms with Gasteiger partial charge in [-0.25, -0.2) is 0 Å². The zero-order valence-electron chi connectivity index (χ0n) is 11.1. The molecule has 106 valence electrons. The smallest absolute Gasteiger partial charge is 0.270 e. The minimum Gasteiger partial charge on any atom is -0.465 e.